The van der Waals surface area contributed by atoms with E-state index >= 15 is 0 Å². The van der Waals surface area contributed by atoms with Crippen molar-refractivity contribution >= 4 is 23.6 Å². The lowest BCUT2D eigenvalue weighted by Crippen LogP contribution is -2.69. The summed E-state index contributed by atoms with van der Waals surface area (Å²) in [5, 5.41) is 116. The topological polar surface area (TPSA) is 329 Å². The van der Waals surface area contributed by atoms with Gasteiger partial charge in [0.25, 0.3) is 0 Å². The Hall–Kier alpha value is -1.39. The zero-order valence-electron chi connectivity index (χ0n) is 28.2. The molecule has 20 atom stereocenters. The number of methoxy groups -OCH3 is 1. The molecule has 0 aromatic rings. The molecule has 296 valence electrons. The van der Waals surface area contributed by atoms with E-state index in [1.54, 1.807) is 0 Å². The van der Waals surface area contributed by atoms with Gasteiger partial charge in [0, 0.05) is 6.92 Å². The van der Waals surface area contributed by atoms with E-state index in [4.69, 9.17) is 43.3 Å². The Labute approximate surface area is 296 Å². The van der Waals surface area contributed by atoms with Crippen LogP contribution in [0.2, 0.25) is 0 Å². The third-order valence-corrected chi connectivity index (χ3v) is 10.3. The number of nitrogens with one attached hydrogen (secondary N) is 2. The van der Waals surface area contributed by atoms with Crippen LogP contribution in [0.1, 0.15) is 20.8 Å². The standard InChI is InChI=1S/C29H50N2O19S/c1-8-15(35)18(38)21(41)26(44-8)48-23-12(6-33)47-29(51-7-13(30)43-4)14(31-10(3)34)24(23)49-28-25(20(40)17(37)11(5-32)46-28)50-27-22(42)19(39)16(36)9(2)45-27/h8-9,11-12,14-30,32-33,35-42H,5-7H2,1-4H3,(H,31,34)/t8?,9-,11-,12-,14?,15+,16+,17-,18-,19?,20?,21?,22?,23+,24?,25?,26-,27-,28-,29-/m0/s1. The van der Waals surface area contributed by atoms with Gasteiger partial charge >= 0.3 is 0 Å². The molecule has 0 aromatic carbocycles. The zero-order chi connectivity index (χ0) is 37.9. The molecule has 8 unspecified atom stereocenters. The smallest absolute Gasteiger partial charge is 0.217 e. The van der Waals surface area contributed by atoms with Crippen molar-refractivity contribution in [2.75, 3.05) is 26.1 Å². The first kappa shape index (κ1) is 42.4. The van der Waals surface area contributed by atoms with Crippen molar-refractivity contribution in [2.24, 2.45) is 0 Å². The van der Waals surface area contributed by atoms with Crippen molar-refractivity contribution in [3.8, 4) is 0 Å². The molecule has 1 amide bonds. The molecule has 4 heterocycles. The van der Waals surface area contributed by atoms with Crippen LogP contribution in [-0.4, -0.2) is 211 Å². The lowest BCUT2D eigenvalue weighted by Gasteiger charge is -2.51. The van der Waals surface area contributed by atoms with Crippen LogP contribution in [0.25, 0.3) is 0 Å². The van der Waals surface area contributed by atoms with Crippen molar-refractivity contribution < 1.29 is 93.8 Å². The van der Waals surface area contributed by atoms with Crippen molar-refractivity contribution in [1.29, 1.82) is 5.41 Å². The molecule has 4 aliphatic heterocycles. The van der Waals surface area contributed by atoms with E-state index in [0.29, 0.717) is 0 Å². The van der Waals surface area contributed by atoms with Crippen LogP contribution in [0, 0.1) is 5.41 Å². The molecule has 0 aromatic heterocycles. The minimum absolute atomic E-state index is 0.0912. The Balaban J connectivity index is 1.75. The molecule has 4 saturated heterocycles. The van der Waals surface area contributed by atoms with Gasteiger partial charge in [0.1, 0.15) is 84.8 Å². The first-order valence-corrected chi connectivity index (χ1v) is 17.3. The molecule has 4 aliphatic rings. The Morgan fingerprint density at radius 2 is 1.18 bits per heavy atom. The Morgan fingerprint density at radius 3 is 1.67 bits per heavy atom. The summed E-state index contributed by atoms with van der Waals surface area (Å²) in [7, 11) is 1.27. The van der Waals surface area contributed by atoms with Crippen LogP contribution in [0.3, 0.4) is 0 Å². The second-order valence-electron chi connectivity index (χ2n) is 12.8. The number of aliphatic hydroxyl groups excluding tert-OH is 10. The molecule has 4 rings (SSSR count). The number of amides is 1. The van der Waals surface area contributed by atoms with Crippen molar-refractivity contribution in [3.05, 3.63) is 0 Å². The highest BCUT2D eigenvalue weighted by molar-refractivity contribution is 8.00. The summed E-state index contributed by atoms with van der Waals surface area (Å²) >= 11 is 0.958. The van der Waals surface area contributed by atoms with E-state index in [1.165, 1.54) is 27.9 Å². The Bertz CT molecular complexity index is 1150. The predicted octanol–water partition coefficient (Wildman–Crippen LogP) is -6.19. The number of carbonyl (C=O) groups excluding carboxylic acids is 1. The van der Waals surface area contributed by atoms with Gasteiger partial charge in [-0.2, -0.15) is 0 Å². The Kier molecular flexibility index (Phi) is 15.2. The van der Waals surface area contributed by atoms with Crippen LogP contribution in [0.5, 0.6) is 0 Å². The van der Waals surface area contributed by atoms with Gasteiger partial charge in [0.2, 0.25) is 5.91 Å². The monoisotopic (exact) mass is 762 g/mol. The van der Waals surface area contributed by atoms with Crippen LogP contribution in [0.15, 0.2) is 0 Å². The van der Waals surface area contributed by atoms with Crippen LogP contribution < -0.4 is 5.32 Å². The third-order valence-electron chi connectivity index (χ3n) is 9.14. The van der Waals surface area contributed by atoms with E-state index in [2.05, 4.69) is 5.32 Å². The number of aliphatic hydroxyl groups is 10. The number of ether oxygens (including phenoxy) is 8. The van der Waals surface area contributed by atoms with Crippen LogP contribution in [0.4, 0.5) is 0 Å². The largest absolute Gasteiger partial charge is 0.484 e. The predicted molar refractivity (Wildman–Crippen MR) is 168 cm³/mol. The maximum Gasteiger partial charge on any atom is 0.217 e. The Morgan fingerprint density at radius 1 is 0.667 bits per heavy atom. The second-order valence-corrected chi connectivity index (χ2v) is 13.8. The highest BCUT2D eigenvalue weighted by atomic mass is 32.2. The minimum atomic E-state index is -1.92. The maximum absolute atomic E-state index is 12.6. The summed E-state index contributed by atoms with van der Waals surface area (Å²) < 4.78 is 46.2. The second kappa shape index (κ2) is 18.3. The summed E-state index contributed by atoms with van der Waals surface area (Å²) in [6.07, 6.45) is -29.0. The number of hydrogen-bond donors (Lipinski definition) is 12. The molecule has 4 fully saturated rings. The molecule has 51 heavy (non-hydrogen) atoms. The lowest BCUT2D eigenvalue weighted by atomic mass is 9.95. The fraction of sp³-hybridized carbons (Fsp3) is 0.931. The number of thioether (sulfide) groups is 1. The quantitative estimate of drug-likeness (QED) is 0.0650. The first-order chi connectivity index (χ1) is 24.0. The molecule has 0 aliphatic carbocycles. The van der Waals surface area contributed by atoms with Gasteiger partial charge in [-0.3, -0.25) is 10.2 Å². The third kappa shape index (κ3) is 9.47. The maximum atomic E-state index is 12.6. The van der Waals surface area contributed by atoms with E-state index in [0.717, 1.165) is 11.8 Å². The van der Waals surface area contributed by atoms with Gasteiger partial charge in [0.15, 0.2) is 24.8 Å². The lowest BCUT2D eigenvalue weighted by molar-refractivity contribution is -0.383. The summed E-state index contributed by atoms with van der Waals surface area (Å²) in [5.41, 5.74) is -1.12. The van der Waals surface area contributed by atoms with Crippen LogP contribution in [-0.2, 0) is 42.7 Å². The summed E-state index contributed by atoms with van der Waals surface area (Å²) in [6, 6.07) is -1.27. The van der Waals surface area contributed by atoms with E-state index < -0.39 is 141 Å². The van der Waals surface area contributed by atoms with Crippen molar-refractivity contribution in [1.82, 2.24) is 5.32 Å². The zero-order valence-corrected chi connectivity index (χ0v) is 29.0. The minimum Gasteiger partial charge on any atom is -0.484 e. The summed E-state index contributed by atoms with van der Waals surface area (Å²) in [6.45, 7) is 2.35. The van der Waals surface area contributed by atoms with Gasteiger partial charge in [-0.05, 0) is 13.8 Å². The van der Waals surface area contributed by atoms with Crippen molar-refractivity contribution in [2.45, 2.75) is 143 Å². The highest BCUT2D eigenvalue weighted by Crippen LogP contribution is 2.37. The van der Waals surface area contributed by atoms with Gasteiger partial charge < -0.3 is 94.3 Å². The number of hydrogen-bond acceptors (Lipinski definition) is 21. The molecule has 0 spiro atoms. The van der Waals surface area contributed by atoms with Crippen LogP contribution >= 0.6 is 11.8 Å². The molecule has 21 nitrogen and oxygen atoms in total. The molecule has 12 N–H and O–H groups in total. The summed E-state index contributed by atoms with van der Waals surface area (Å²) in [5.74, 6) is -0.888. The van der Waals surface area contributed by atoms with Gasteiger partial charge in [-0.1, -0.05) is 0 Å². The average Bonchev–Trinajstić information content (AvgIpc) is 3.10. The molecular weight excluding hydrogens is 712 g/mol. The number of carbonyl (C=O) groups is 1. The van der Waals surface area contributed by atoms with E-state index in [-0.39, 0.29) is 11.7 Å². The van der Waals surface area contributed by atoms with E-state index in [1.807, 2.05) is 0 Å². The van der Waals surface area contributed by atoms with Gasteiger partial charge in [0.05, 0.1) is 44.3 Å². The van der Waals surface area contributed by atoms with Crippen molar-refractivity contribution in [3.63, 3.8) is 0 Å². The van der Waals surface area contributed by atoms with Gasteiger partial charge in [-0.25, -0.2) is 0 Å². The molecule has 0 bridgehead atoms. The molecule has 22 heteroatoms. The summed E-state index contributed by atoms with van der Waals surface area (Å²) in [4.78, 5) is 12.6. The highest BCUT2D eigenvalue weighted by Gasteiger charge is 2.56. The molecule has 0 radical (unpaired) electrons. The first-order valence-electron chi connectivity index (χ1n) is 16.3. The normalized spacial score (nSPS) is 47.8. The molecule has 0 saturated carbocycles. The van der Waals surface area contributed by atoms with Gasteiger partial charge in [-0.15, -0.1) is 11.8 Å². The van der Waals surface area contributed by atoms with E-state index in [9.17, 15) is 55.9 Å². The number of rotatable bonds is 12. The SMILES string of the molecule is COC(=N)CS[C@@H]1O[C@@H](CO)[C@@H](O[C@@H]2OC(C)[C@@H](O)[C@H](O)C2O)C(O[C@@H]2O[C@@H](CO)[C@H](O)C(O)C2O[C@@H]2O[C@@H](C)[C@@H](O)C(O)C2O)C1NC(C)=O. The molecular formula is C29H50N2O19S. The fourth-order valence-corrected chi connectivity index (χ4v) is 7.24. The fourth-order valence-electron chi connectivity index (χ4n) is 6.15. The average molecular weight is 763 g/mol.